The van der Waals surface area contributed by atoms with Gasteiger partial charge in [-0.05, 0) is 59.0 Å². The third-order valence-corrected chi connectivity index (χ3v) is 5.89. The molecule has 0 aliphatic rings. The second-order valence-electron chi connectivity index (χ2n) is 7.10. The van der Waals surface area contributed by atoms with Crippen molar-refractivity contribution in [3.05, 3.63) is 95.4 Å². The second-order valence-corrected chi connectivity index (χ2v) is 8.05. The number of carbonyl (C=O) groups excluding carboxylic acids is 1. The van der Waals surface area contributed by atoms with Gasteiger partial charge in [-0.3, -0.25) is 4.79 Å². The summed E-state index contributed by atoms with van der Waals surface area (Å²) >= 11 is 1.58. The molecular weight excluding hydrogens is 422 g/mol. The van der Waals surface area contributed by atoms with Crippen LogP contribution < -0.4 is 14.8 Å². The average molecular weight is 446 g/mol. The number of ether oxygens (including phenoxy) is 2. The molecule has 0 saturated carbocycles. The number of rotatable bonds is 8. The molecule has 5 nitrogen and oxygen atoms in total. The fraction of sp³-hybridized carbons (Fsp3) is 0.115. The van der Waals surface area contributed by atoms with Crippen LogP contribution in [0, 0.1) is 0 Å². The largest absolute Gasteiger partial charge is 0.507 e. The molecule has 6 heteroatoms. The molecule has 4 rings (SSSR count). The first-order valence-electron chi connectivity index (χ1n) is 10.2. The molecule has 0 aliphatic heterocycles. The normalized spacial score (nSPS) is 10.5. The number of nitrogens with one attached hydrogen (secondary N) is 1. The van der Waals surface area contributed by atoms with Crippen LogP contribution in [0.3, 0.4) is 0 Å². The lowest BCUT2D eigenvalue weighted by Crippen LogP contribution is -2.12. The predicted molar refractivity (Wildman–Crippen MR) is 128 cm³/mol. The predicted octanol–water partition coefficient (Wildman–Crippen LogP) is 6.00. The first kappa shape index (κ1) is 21.5. The SMILES string of the molecule is COc1ccccc1CCOc1cccc(NC(=O)c2cc(-c3cccs3)ccc2O)c1. The monoisotopic (exact) mass is 445 g/mol. The van der Waals surface area contributed by atoms with E-state index in [2.05, 4.69) is 5.32 Å². The number of anilines is 1. The number of benzene rings is 3. The van der Waals surface area contributed by atoms with E-state index in [0.717, 1.165) is 21.8 Å². The Kier molecular flexibility index (Phi) is 6.72. The number of hydrogen-bond acceptors (Lipinski definition) is 5. The van der Waals surface area contributed by atoms with Crippen molar-refractivity contribution in [1.82, 2.24) is 0 Å². The van der Waals surface area contributed by atoms with Crippen LogP contribution >= 0.6 is 11.3 Å². The van der Waals surface area contributed by atoms with Gasteiger partial charge in [0.15, 0.2) is 0 Å². The molecule has 0 aliphatic carbocycles. The van der Waals surface area contributed by atoms with Gasteiger partial charge in [-0.15, -0.1) is 11.3 Å². The maximum atomic E-state index is 12.8. The third-order valence-electron chi connectivity index (χ3n) is 4.97. The first-order chi connectivity index (χ1) is 15.6. The Morgan fingerprint density at radius 2 is 1.88 bits per heavy atom. The van der Waals surface area contributed by atoms with Gasteiger partial charge in [0.25, 0.3) is 5.91 Å². The molecule has 0 spiro atoms. The summed E-state index contributed by atoms with van der Waals surface area (Å²) in [5.74, 6) is 1.04. The number of amides is 1. The van der Waals surface area contributed by atoms with Crippen molar-refractivity contribution in [3.8, 4) is 27.7 Å². The summed E-state index contributed by atoms with van der Waals surface area (Å²) in [5.41, 5.74) is 2.76. The molecule has 0 radical (unpaired) electrons. The second kappa shape index (κ2) is 10.0. The van der Waals surface area contributed by atoms with E-state index in [1.807, 2.05) is 53.9 Å². The molecule has 32 heavy (non-hydrogen) atoms. The van der Waals surface area contributed by atoms with Crippen molar-refractivity contribution < 1.29 is 19.4 Å². The van der Waals surface area contributed by atoms with Gasteiger partial charge in [-0.25, -0.2) is 0 Å². The van der Waals surface area contributed by atoms with Gasteiger partial charge in [-0.2, -0.15) is 0 Å². The standard InChI is InChI=1S/C26H23NO4S/c1-30-24-9-3-2-6-18(24)13-14-31-21-8-4-7-20(17-21)27-26(29)22-16-19(11-12-23(22)28)25-10-5-15-32-25/h2-12,15-17,28H,13-14H2,1H3,(H,27,29). The van der Waals surface area contributed by atoms with Crippen molar-refractivity contribution in [2.75, 3.05) is 19.0 Å². The van der Waals surface area contributed by atoms with E-state index in [-0.39, 0.29) is 17.2 Å². The Balaban J connectivity index is 1.42. The molecule has 3 aromatic carbocycles. The molecule has 4 aromatic rings. The van der Waals surface area contributed by atoms with Crippen molar-refractivity contribution in [3.63, 3.8) is 0 Å². The quantitative estimate of drug-likeness (QED) is 0.349. The minimum absolute atomic E-state index is 0.0629. The maximum Gasteiger partial charge on any atom is 0.259 e. The molecule has 0 atom stereocenters. The number of carbonyl (C=O) groups is 1. The number of hydrogen-bond donors (Lipinski definition) is 2. The highest BCUT2D eigenvalue weighted by Gasteiger charge is 2.14. The molecule has 162 valence electrons. The number of methoxy groups -OCH3 is 1. The zero-order valence-electron chi connectivity index (χ0n) is 17.6. The summed E-state index contributed by atoms with van der Waals surface area (Å²) in [5, 5.41) is 15.0. The molecule has 0 fully saturated rings. The number of para-hydroxylation sites is 1. The summed E-state index contributed by atoms with van der Waals surface area (Å²) in [4.78, 5) is 13.8. The molecule has 1 amide bonds. The van der Waals surface area contributed by atoms with E-state index in [1.165, 1.54) is 0 Å². The minimum atomic E-state index is -0.382. The van der Waals surface area contributed by atoms with Crippen LogP contribution in [0.5, 0.6) is 17.2 Å². The summed E-state index contributed by atoms with van der Waals surface area (Å²) < 4.78 is 11.2. The fourth-order valence-electron chi connectivity index (χ4n) is 3.36. The Morgan fingerprint density at radius 3 is 2.69 bits per heavy atom. The van der Waals surface area contributed by atoms with Crippen molar-refractivity contribution in [1.29, 1.82) is 0 Å². The van der Waals surface area contributed by atoms with Gasteiger partial charge in [0.2, 0.25) is 0 Å². The van der Waals surface area contributed by atoms with E-state index in [1.54, 1.807) is 48.8 Å². The number of phenolic OH excluding ortho intramolecular Hbond substituents is 1. The van der Waals surface area contributed by atoms with Gasteiger partial charge in [0, 0.05) is 23.1 Å². The lowest BCUT2D eigenvalue weighted by atomic mass is 10.1. The topological polar surface area (TPSA) is 67.8 Å². The van der Waals surface area contributed by atoms with Crippen LogP contribution in [-0.2, 0) is 6.42 Å². The van der Waals surface area contributed by atoms with E-state index in [4.69, 9.17) is 9.47 Å². The lowest BCUT2D eigenvalue weighted by molar-refractivity contribution is 0.102. The number of thiophene rings is 1. The van der Waals surface area contributed by atoms with Crippen molar-refractivity contribution in [2.24, 2.45) is 0 Å². The molecule has 1 aromatic heterocycles. The van der Waals surface area contributed by atoms with Gasteiger partial charge >= 0.3 is 0 Å². The van der Waals surface area contributed by atoms with Crippen LogP contribution in [0.2, 0.25) is 0 Å². The van der Waals surface area contributed by atoms with Crippen molar-refractivity contribution in [2.45, 2.75) is 6.42 Å². The average Bonchev–Trinajstić information content (AvgIpc) is 3.35. The smallest absolute Gasteiger partial charge is 0.259 e. The van der Waals surface area contributed by atoms with Crippen LogP contribution in [0.4, 0.5) is 5.69 Å². The van der Waals surface area contributed by atoms with Crippen LogP contribution in [0.25, 0.3) is 10.4 Å². The number of aromatic hydroxyl groups is 1. The van der Waals surface area contributed by atoms with Crippen molar-refractivity contribution >= 4 is 22.9 Å². The van der Waals surface area contributed by atoms with Gasteiger partial charge in [-0.1, -0.05) is 30.3 Å². The summed E-state index contributed by atoms with van der Waals surface area (Å²) in [6.07, 6.45) is 0.698. The Morgan fingerprint density at radius 1 is 1.00 bits per heavy atom. The maximum absolute atomic E-state index is 12.8. The van der Waals surface area contributed by atoms with E-state index in [0.29, 0.717) is 24.5 Å². The minimum Gasteiger partial charge on any atom is -0.507 e. The Hall–Kier alpha value is -3.77. The van der Waals surface area contributed by atoms with Gasteiger partial charge in [0.1, 0.15) is 17.2 Å². The molecule has 2 N–H and O–H groups in total. The van der Waals surface area contributed by atoms with Crippen LogP contribution in [-0.4, -0.2) is 24.7 Å². The molecule has 0 saturated heterocycles. The Labute approximate surface area is 190 Å². The molecule has 1 heterocycles. The van der Waals surface area contributed by atoms with Crippen LogP contribution in [0.1, 0.15) is 15.9 Å². The third kappa shape index (κ3) is 5.10. The molecular formula is C26H23NO4S. The number of phenols is 1. The highest BCUT2D eigenvalue weighted by atomic mass is 32.1. The van der Waals surface area contributed by atoms with Gasteiger partial charge < -0.3 is 19.9 Å². The zero-order chi connectivity index (χ0) is 22.3. The molecule has 0 unspecified atom stereocenters. The Bertz CT molecular complexity index is 1200. The summed E-state index contributed by atoms with van der Waals surface area (Å²) in [7, 11) is 1.65. The fourth-order valence-corrected chi connectivity index (χ4v) is 4.09. The highest BCUT2D eigenvalue weighted by Crippen LogP contribution is 2.30. The summed E-state index contributed by atoms with van der Waals surface area (Å²) in [6.45, 7) is 0.474. The van der Waals surface area contributed by atoms with Gasteiger partial charge in [0.05, 0.1) is 19.3 Å². The highest BCUT2D eigenvalue weighted by molar-refractivity contribution is 7.13. The summed E-state index contributed by atoms with van der Waals surface area (Å²) in [6, 6.07) is 24.0. The first-order valence-corrected chi connectivity index (χ1v) is 11.0. The lowest BCUT2D eigenvalue weighted by Gasteiger charge is -2.12. The van der Waals surface area contributed by atoms with E-state index >= 15 is 0 Å². The van der Waals surface area contributed by atoms with E-state index in [9.17, 15) is 9.90 Å². The molecule has 0 bridgehead atoms. The van der Waals surface area contributed by atoms with Crippen LogP contribution in [0.15, 0.2) is 84.2 Å². The van der Waals surface area contributed by atoms with E-state index < -0.39 is 0 Å². The zero-order valence-corrected chi connectivity index (χ0v) is 18.4.